The van der Waals surface area contributed by atoms with Crippen molar-refractivity contribution in [1.82, 2.24) is 4.72 Å². The number of nitrogens with two attached hydrogens (primary N) is 1. The number of aliphatic carboxylic acids is 1. The third-order valence-corrected chi connectivity index (χ3v) is 3.69. The first-order valence-corrected chi connectivity index (χ1v) is 6.90. The molecule has 0 heterocycles. The fourth-order valence-corrected chi connectivity index (χ4v) is 2.30. The number of sulfonamides is 1. The molecule has 1 rings (SSSR count). The number of carboxylic acid groups (broad SMARTS) is 1. The van der Waals surface area contributed by atoms with Gasteiger partial charge in [0.05, 0.1) is 4.90 Å². The highest BCUT2D eigenvalue weighted by Crippen LogP contribution is 2.07. The van der Waals surface area contributed by atoms with E-state index in [1.54, 1.807) is 6.07 Å². The Bertz CT molecular complexity index is 556. The fraction of sp³-hybridized carbons (Fsp3) is 0.273. The van der Waals surface area contributed by atoms with E-state index in [0.29, 0.717) is 0 Å². The zero-order chi connectivity index (χ0) is 14.5. The first-order valence-electron chi connectivity index (χ1n) is 5.42. The average Bonchev–Trinajstić information content (AvgIpc) is 2.36. The molecule has 0 aliphatic heterocycles. The number of nitrogens with one attached hydrogen (secondary N) is 1. The normalized spacial score (nSPS) is 12.7. The van der Waals surface area contributed by atoms with Gasteiger partial charge in [-0.2, -0.15) is 0 Å². The molecule has 1 amide bonds. The van der Waals surface area contributed by atoms with E-state index in [-0.39, 0.29) is 17.7 Å². The van der Waals surface area contributed by atoms with Crippen molar-refractivity contribution in [2.45, 2.75) is 23.8 Å². The second-order valence-corrected chi connectivity index (χ2v) is 5.51. The maximum Gasteiger partial charge on any atom is 0.320 e. The molecule has 0 saturated heterocycles. The third-order valence-electron chi connectivity index (χ3n) is 2.30. The molecule has 1 unspecified atom stereocenters. The number of carbonyl (C=O) groups is 2. The summed E-state index contributed by atoms with van der Waals surface area (Å²) in [4.78, 5) is 21.8. The molecule has 4 N–H and O–H groups in total. The van der Waals surface area contributed by atoms with Gasteiger partial charge in [0, 0.05) is 6.42 Å². The van der Waals surface area contributed by atoms with E-state index in [1.165, 1.54) is 24.3 Å². The van der Waals surface area contributed by atoms with Crippen LogP contribution in [0.4, 0.5) is 0 Å². The highest BCUT2D eigenvalue weighted by Gasteiger charge is 2.19. The van der Waals surface area contributed by atoms with Gasteiger partial charge in [0.1, 0.15) is 6.04 Å². The molecule has 0 aliphatic carbocycles. The van der Waals surface area contributed by atoms with Gasteiger partial charge in [-0.05, 0) is 18.6 Å². The number of hydrogen-bond acceptors (Lipinski definition) is 5. The Morgan fingerprint density at radius 3 is 2.37 bits per heavy atom. The van der Waals surface area contributed by atoms with Crippen molar-refractivity contribution < 1.29 is 23.1 Å². The van der Waals surface area contributed by atoms with Crippen molar-refractivity contribution >= 4 is 21.9 Å². The van der Waals surface area contributed by atoms with Gasteiger partial charge in [-0.3, -0.25) is 9.59 Å². The number of carbonyl (C=O) groups excluding carboxylic acids is 1. The number of rotatable bonds is 6. The maximum absolute atomic E-state index is 11.7. The molecule has 0 radical (unpaired) electrons. The van der Waals surface area contributed by atoms with Gasteiger partial charge in [-0.1, -0.05) is 18.2 Å². The van der Waals surface area contributed by atoms with Crippen LogP contribution in [0.15, 0.2) is 35.2 Å². The Kier molecular flexibility index (Phi) is 5.02. The monoisotopic (exact) mass is 286 g/mol. The molecule has 0 saturated carbocycles. The van der Waals surface area contributed by atoms with Crippen LogP contribution < -0.4 is 10.5 Å². The van der Waals surface area contributed by atoms with Gasteiger partial charge in [-0.25, -0.2) is 13.1 Å². The van der Waals surface area contributed by atoms with Crippen LogP contribution in [0.1, 0.15) is 12.8 Å². The predicted molar refractivity (Wildman–Crippen MR) is 66.6 cm³/mol. The number of carboxylic acids is 1. The summed E-state index contributed by atoms with van der Waals surface area (Å²) in [5.41, 5.74) is 5.21. The van der Waals surface area contributed by atoms with Crippen molar-refractivity contribution in [2.24, 2.45) is 5.73 Å². The van der Waals surface area contributed by atoms with Gasteiger partial charge >= 0.3 is 5.97 Å². The Labute approximate surface area is 110 Å². The van der Waals surface area contributed by atoms with Crippen molar-refractivity contribution in [3.63, 3.8) is 0 Å². The Morgan fingerprint density at radius 1 is 1.26 bits per heavy atom. The van der Waals surface area contributed by atoms with E-state index in [1.807, 2.05) is 4.72 Å². The first kappa shape index (κ1) is 15.1. The Morgan fingerprint density at radius 2 is 1.84 bits per heavy atom. The van der Waals surface area contributed by atoms with Crippen LogP contribution in [0.3, 0.4) is 0 Å². The molecule has 1 atom stereocenters. The summed E-state index contributed by atoms with van der Waals surface area (Å²) < 4.78 is 25.3. The topological polar surface area (TPSA) is 127 Å². The molecule has 7 nitrogen and oxygen atoms in total. The van der Waals surface area contributed by atoms with E-state index in [4.69, 9.17) is 10.8 Å². The molecule has 0 spiro atoms. The van der Waals surface area contributed by atoms with Crippen molar-refractivity contribution in [3.8, 4) is 0 Å². The minimum absolute atomic E-state index is 0.0362. The summed E-state index contributed by atoms with van der Waals surface area (Å²) in [5, 5.41) is 8.53. The van der Waals surface area contributed by atoms with Crippen LogP contribution in [0.25, 0.3) is 0 Å². The molecule has 1 aromatic rings. The molecule has 0 bridgehead atoms. The Hall–Kier alpha value is -1.93. The Balaban J connectivity index is 2.60. The van der Waals surface area contributed by atoms with Gasteiger partial charge < -0.3 is 10.8 Å². The van der Waals surface area contributed by atoms with Crippen LogP contribution >= 0.6 is 0 Å². The summed E-state index contributed by atoms with van der Waals surface area (Å²) in [7, 11) is -3.92. The predicted octanol–water partition coefficient (Wildman–Crippen LogP) is -0.316. The number of hydrogen-bond donors (Lipinski definition) is 3. The van der Waals surface area contributed by atoms with Crippen LogP contribution in [-0.2, 0) is 19.6 Å². The van der Waals surface area contributed by atoms with E-state index in [9.17, 15) is 18.0 Å². The highest BCUT2D eigenvalue weighted by molar-refractivity contribution is 7.90. The molecular weight excluding hydrogens is 272 g/mol. The number of amides is 1. The van der Waals surface area contributed by atoms with Crippen molar-refractivity contribution in [2.75, 3.05) is 0 Å². The third kappa shape index (κ3) is 4.68. The molecule has 0 aliphatic rings. The highest BCUT2D eigenvalue weighted by atomic mass is 32.2. The summed E-state index contributed by atoms with van der Waals surface area (Å²) >= 11 is 0. The average molecular weight is 286 g/mol. The second-order valence-electron chi connectivity index (χ2n) is 3.83. The van der Waals surface area contributed by atoms with Gasteiger partial charge in [0.15, 0.2) is 0 Å². The summed E-state index contributed by atoms with van der Waals surface area (Å²) in [6, 6.07) is 6.20. The summed E-state index contributed by atoms with van der Waals surface area (Å²) in [6.07, 6.45) is -0.412. The molecule has 19 heavy (non-hydrogen) atoms. The van der Waals surface area contributed by atoms with E-state index in [0.717, 1.165) is 0 Å². The summed E-state index contributed by atoms with van der Waals surface area (Å²) in [5.74, 6) is -2.03. The lowest BCUT2D eigenvalue weighted by Gasteiger charge is -2.08. The quantitative estimate of drug-likeness (QED) is 0.658. The molecular formula is C11H14N2O5S. The SMILES string of the molecule is NC(CCC(=O)NS(=O)(=O)c1ccccc1)C(=O)O. The zero-order valence-electron chi connectivity index (χ0n) is 9.94. The van der Waals surface area contributed by atoms with Gasteiger partial charge in [0.2, 0.25) is 5.91 Å². The van der Waals surface area contributed by atoms with E-state index >= 15 is 0 Å². The minimum Gasteiger partial charge on any atom is -0.480 e. The van der Waals surface area contributed by atoms with E-state index in [2.05, 4.69) is 0 Å². The van der Waals surface area contributed by atoms with E-state index < -0.39 is 27.9 Å². The van der Waals surface area contributed by atoms with Crippen LogP contribution in [0, 0.1) is 0 Å². The van der Waals surface area contributed by atoms with Crippen LogP contribution in [0.5, 0.6) is 0 Å². The lowest BCUT2D eigenvalue weighted by Crippen LogP contribution is -2.34. The molecule has 0 aromatic heterocycles. The van der Waals surface area contributed by atoms with Gasteiger partial charge in [-0.15, -0.1) is 0 Å². The standard InChI is InChI=1S/C11H14N2O5S/c12-9(11(15)16)6-7-10(14)13-19(17,18)8-4-2-1-3-5-8/h1-5,9H,6-7,12H2,(H,13,14)(H,15,16). The summed E-state index contributed by atoms with van der Waals surface area (Å²) in [6.45, 7) is 0. The fourth-order valence-electron chi connectivity index (χ4n) is 1.27. The minimum atomic E-state index is -3.92. The smallest absolute Gasteiger partial charge is 0.320 e. The lowest BCUT2D eigenvalue weighted by atomic mass is 10.2. The molecule has 8 heteroatoms. The van der Waals surface area contributed by atoms with Crippen molar-refractivity contribution in [1.29, 1.82) is 0 Å². The second kappa shape index (κ2) is 6.30. The first-order chi connectivity index (χ1) is 8.83. The van der Waals surface area contributed by atoms with Gasteiger partial charge in [0.25, 0.3) is 10.0 Å². The van der Waals surface area contributed by atoms with Crippen molar-refractivity contribution in [3.05, 3.63) is 30.3 Å². The lowest BCUT2D eigenvalue weighted by molar-refractivity contribution is -0.138. The molecule has 0 fully saturated rings. The maximum atomic E-state index is 11.7. The zero-order valence-corrected chi connectivity index (χ0v) is 10.8. The van der Waals surface area contributed by atoms with Crippen LogP contribution in [0.2, 0.25) is 0 Å². The largest absolute Gasteiger partial charge is 0.480 e. The van der Waals surface area contributed by atoms with Crippen LogP contribution in [-0.4, -0.2) is 31.4 Å². The number of benzene rings is 1. The molecule has 104 valence electrons. The molecule has 1 aromatic carbocycles.